The summed E-state index contributed by atoms with van der Waals surface area (Å²) in [6.45, 7) is 8.69. The van der Waals surface area contributed by atoms with E-state index in [0.29, 0.717) is 24.2 Å². The zero-order valence-electron chi connectivity index (χ0n) is 23.8. The first-order valence-electron chi connectivity index (χ1n) is 14.0. The largest absolute Gasteiger partial charge is 0.508 e. The van der Waals surface area contributed by atoms with E-state index in [1.165, 1.54) is 0 Å². The van der Waals surface area contributed by atoms with Crippen molar-refractivity contribution < 1.29 is 10.2 Å². The van der Waals surface area contributed by atoms with Gasteiger partial charge in [0.25, 0.3) is 0 Å². The Balaban J connectivity index is 1.65. The standard InChI is InChI=1S/C32H40N6O2/c1-5-21-16-24(40)9-10-26(21)36-30(33)25-18-35-38-19-23(22-8-6-7-20(15-22)12-14-39)17-27(38)29(25)37-28-11-13-32(4,34)31(28,2)3/h6-10,15-19,28,37,39-40H,5,11-14,34H2,1-4H3,(H2,33,36)/t28-,32+/m1/s1. The van der Waals surface area contributed by atoms with E-state index in [4.69, 9.17) is 21.6 Å². The second-order valence-electron chi connectivity index (χ2n) is 11.7. The van der Waals surface area contributed by atoms with E-state index in [9.17, 15) is 10.2 Å². The van der Waals surface area contributed by atoms with Gasteiger partial charge in [0.2, 0.25) is 0 Å². The molecular weight excluding hydrogens is 500 g/mol. The number of nitrogens with two attached hydrogens (primary N) is 2. The van der Waals surface area contributed by atoms with Crippen molar-refractivity contribution in [3.05, 3.63) is 77.6 Å². The van der Waals surface area contributed by atoms with Gasteiger partial charge in [-0.15, -0.1) is 0 Å². The maximum atomic E-state index is 9.95. The highest BCUT2D eigenvalue weighted by molar-refractivity contribution is 6.06. The second kappa shape index (κ2) is 10.6. The van der Waals surface area contributed by atoms with Crippen molar-refractivity contribution in [3.63, 3.8) is 0 Å². The molecule has 0 spiro atoms. The van der Waals surface area contributed by atoms with Gasteiger partial charge in [-0.3, -0.25) is 0 Å². The summed E-state index contributed by atoms with van der Waals surface area (Å²) in [6.07, 6.45) is 6.93. The SMILES string of the molecule is CCc1cc(O)ccc1/N=C(\N)c1cnn2cc(-c3cccc(CCO)c3)cc2c1N[C@@H]1CC[C@](C)(N)C1(C)C. The summed E-state index contributed by atoms with van der Waals surface area (Å²) in [4.78, 5) is 4.79. The fourth-order valence-electron chi connectivity index (χ4n) is 5.70. The second-order valence-corrected chi connectivity index (χ2v) is 11.7. The zero-order valence-corrected chi connectivity index (χ0v) is 23.8. The van der Waals surface area contributed by atoms with Crippen molar-refractivity contribution in [2.75, 3.05) is 11.9 Å². The molecule has 8 nitrogen and oxygen atoms in total. The number of phenols is 1. The minimum atomic E-state index is -0.309. The molecule has 2 aromatic carbocycles. The molecule has 7 N–H and O–H groups in total. The van der Waals surface area contributed by atoms with E-state index in [1.54, 1.807) is 24.4 Å². The Hall–Kier alpha value is -3.88. The van der Waals surface area contributed by atoms with Gasteiger partial charge in [-0.1, -0.05) is 45.0 Å². The molecule has 2 aromatic heterocycles. The van der Waals surface area contributed by atoms with Gasteiger partial charge in [0, 0.05) is 35.4 Å². The fourth-order valence-corrected chi connectivity index (χ4v) is 5.70. The molecule has 2 atom stereocenters. The lowest BCUT2D eigenvalue weighted by atomic mass is 9.75. The number of aliphatic hydroxyl groups is 1. The quantitative estimate of drug-likeness (QED) is 0.155. The van der Waals surface area contributed by atoms with Gasteiger partial charge in [0.1, 0.15) is 11.6 Å². The van der Waals surface area contributed by atoms with Crippen LogP contribution in [0.4, 0.5) is 11.4 Å². The van der Waals surface area contributed by atoms with Crippen molar-refractivity contribution in [1.29, 1.82) is 0 Å². The number of fused-ring (bicyclic) bond motifs is 1. The van der Waals surface area contributed by atoms with Crippen LogP contribution in [0.1, 0.15) is 57.2 Å². The number of nitrogens with one attached hydrogen (secondary N) is 1. The number of aliphatic imine (C=N–C) groups is 1. The van der Waals surface area contributed by atoms with Gasteiger partial charge in [0.05, 0.1) is 28.7 Å². The molecule has 8 heteroatoms. The third-order valence-electron chi connectivity index (χ3n) is 8.87. The molecule has 4 aromatic rings. The highest BCUT2D eigenvalue weighted by Crippen LogP contribution is 2.46. The van der Waals surface area contributed by atoms with Crippen LogP contribution in [0.25, 0.3) is 16.6 Å². The molecule has 0 aliphatic heterocycles. The number of hydrogen-bond donors (Lipinski definition) is 5. The average Bonchev–Trinajstić information content (AvgIpc) is 3.44. The van der Waals surface area contributed by atoms with E-state index in [-0.39, 0.29) is 29.4 Å². The van der Waals surface area contributed by atoms with Gasteiger partial charge in [0.15, 0.2) is 0 Å². The van der Waals surface area contributed by atoms with Crippen LogP contribution in [-0.2, 0) is 12.8 Å². The predicted molar refractivity (Wildman–Crippen MR) is 162 cm³/mol. The van der Waals surface area contributed by atoms with Gasteiger partial charge >= 0.3 is 0 Å². The average molecular weight is 541 g/mol. The Morgan fingerprint density at radius 1 is 1.15 bits per heavy atom. The predicted octanol–water partition coefficient (Wildman–Crippen LogP) is 5.16. The van der Waals surface area contributed by atoms with Crippen molar-refractivity contribution in [1.82, 2.24) is 9.61 Å². The minimum absolute atomic E-state index is 0.108. The first-order valence-corrected chi connectivity index (χ1v) is 14.0. The van der Waals surface area contributed by atoms with Crippen LogP contribution >= 0.6 is 0 Å². The highest BCUT2D eigenvalue weighted by Gasteiger charge is 2.49. The minimum Gasteiger partial charge on any atom is -0.508 e. The molecule has 1 fully saturated rings. The van der Waals surface area contributed by atoms with E-state index in [1.807, 2.05) is 29.8 Å². The van der Waals surface area contributed by atoms with Crippen molar-refractivity contribution in [2.45, 2.75) is 65.0 Å². The number of aromatic hydroxyl groups is 1. The smallest absolute Gasteiger partial charge is 0.135 e. The first-order chi connectivity index (χ1) is 19.0. The Kier molecular flexibility index (Phi) is 7.33. The lowest BCUT2D eigenvalue weighted by Gasteiger charge is -2.39. The summed E-state index contributed by atoms with van der Waals surface area (Å²) in [6, 6.07) is 15.6. The third kappa shape index (κ3) is 5.05. The van der Waals surface area contributed by atoms with Crippen LogP contribution < -0.4 is 16.8 Å². The van der Waals surface area contributed by atoms with Crippen molar-refractivity contribution in [2.24, 2.45) is 21.9 Å². The summed E-state index contributed by atoms with van der Waals surface area (Å²) >= 11 is 0. The topological polar surface area (TPSA) is 134 Å². The monoisotopic (exact) mass is 540 g/mol. The number of nitrogens with zero attached hydrogens (tertiary/aromatic N) is 3. The Labute approximate surface area is 235 Å². The van der Waals surface area contributed by atoms with Gasteiger partial charge in [-0.05, 0) is 73.6 Å². The lowest BCUT2D eigenvalue weighted by molar-refractivity contribution is 0.215. The Bertz CT molecular complexity index is 1570. The molecule has 0 saturated heterocycles. The number of hydrogen-bond acceptors (Lipinski definition) is 6. The molecule has 0 radical (unpaired) electrons. The van der Waals surface area contributed by atoms with Crippen LogP contribution in [0.15, 0.2) is 65.9 Å². The number of aromatic nitrogens is 2. The third-order valence-corrected chi connectivity index (χ3v) is 8.87. The maximum Gasteiger partial charge on any atom is 0.135 e. The van der Waals surface area contributed by atoms with Crippen LogP contribution in [0.2, 0.25) is 0 Å². The highest BCUT2D eigenvalue weighted by atomic mass is 16.3. The van der Waals surface area contributed by atoms with Gasteiger partial charge in [-0.25, -0.2) is 9.51 Å². The zero-order chi connectivity index (χ0) is 28.7. The molecule has 40 heavy (non-hydrogen) atoms. The van der Waals surface area contributed by atoms with E-state index in [2.05, 4.69) is 44.3 Å². The number of amidine groups is 1. The van der Waals surface area contributed by atoms with Crippen LogP contribution in [0.5, 0.6) is 5.75 Å². The number of aryl methyl sites for hydroxylation is 1. The molecular formula is C32H40N6O2. The normalized spacial score (nSPS) is 20.8. The van der Waals surface area contributed by atoms with Gasteiger partial charge < -0.3 is 27.0 Å². The molecule has 5 rings (SSSR count). The number of anilines is 1. The molecule has 0 amide bonds. The summed E-state index contributed by atoms with van der Waals surface area (Å²) in [5.74, 6) is 0.550. The van der Waals surface area contributed by atoms with Crippen LogP contribution in [-0.4, -0.2) is 43.9 Å². The summed E-state index contributed by atoms with van der Waals surface area (Å²) in [5.41, 5.74) is 20.2. The first kappa shape index (κ1) is 27.7. The Morgan fingerprint density at radius 3 is 2.65 bits per heavy atom. The van der Waals surface area contributed by atoms with Crippen LogP contribution in [0, 0.1) is 5.41 Å². The van der Waals surface area contributed by atoms with E-state index < -0.39 is 0 Å². The summed E-state index contributed by atoms with van der Waals surface area (Å²) in [5, 5.41) is 27.9. The molecule has 1 aliphatic rings. The van der Waals surface area contributed by atoms with Gasteiger partial charge in [-0.2, -0.15) is 5.10 Å². The van der Waals surface area contributed by atoms with Crippen molar-refractivity contribution in [3.8, 4) is 16.9 Å². The fraction of sp³-hybridized carbons (Fsp3) is 0.375. The van der Waals surface area contributed by atoms with Crippen molar-refractivity contribution >= 4 is 22.7 Å². The Morgan fingerprint density at radius 2 is 1.95 bits per heavy atom. The molecule has 0 unspecified atom stereocenters. The molecule has 0 bridgehead atoms. The van der Waals surface area contributed by atoms with Crippen LogP contribution in [0.3, 0.4) is 0 Å². The number of phenolic OH excluding ortho intramolecular Hbond substituents is 1. The lowest BCUT2D eigenvalue weighted by Crippen LogP contribution is -2.51. The molecule has 1 aliphatic carbocycles. The maximum absolute atomic E-state index is 9.95. The van der Waals surface area contributed by atoms with E-state index >= 15 is 0 Å². The number of benzene rings is 2. The number of aliphatic hydroxyl groups excluding tert-OH is 1. The summed E-state index contributed by atoms with van der Waals surface area (Å²) < 4.78 is 1.87. The summed E-state index contributed by atoms with van der Waals surface area (Å²) in [7, 11) is 0. The molecule has 2 heterocycles. The molecule has 1 saturated carbocycles. The number of rotatable bonds is 8. The van der Waals surface area contributed by atoms with E-state index in [0.717, 1.165) is 52.0 Å². The molecule has 210 valence electrons.